The van der Waals surface area contributed by atoms with Gasteiger partial charge in [-0.25, -0.2) is 11.3 Å². The summed E-state index contributed by atoms with van der Waals surface area (Å²) in [6.07, 6.45) is 0. The SMILES string of the molecule is CN(C)c1ccc([N]N)cc1. The summed E-state index contributed by atoms with van der Waals surface area (Å²) in [6, 6.07) is 7.72. The van der Waals surface area contributed by atoms with Crippen molar-refractivity contribution in [2.24, 2.45) is 5.84 Å². The Balaban J connectivity index is 2.83. The van der Waals surface area contributed by atoms with E-state index in [1.807, 2.05) is 43.3 Å². The third kappa shape index (κ3) is 1.85. The molecule has 0 spiro atoms. The third-order valence-electron chi connectivity index (χ3n) is 1.52. The Labute approximate surface area is 66.8 Å². The summed E-state index contributed by atoms with van der Waals surface area (Å²) < 4.78 is 0. The summed E-state index contributed by atoms with van der Waals surface area (Å²) >= 11 is 0. The van der Waals surface area contributed by atoms with E-state index in [-0.39, 0.29) is 0 Å². The molecule has 0 fully saturated rings. The average Bonchev–Trinajstić information content (AvgIpc) is 2.05. The molecule has 1 radical (unpaired) electrons. The molecule has 59 valence electrons. The Morgan fingerprint density at radius 3 is 2.09 bits per heavy atom. The van der Waals surface area contributed by atoms with Gasteiger partial charge in [0.2, 0.25) is 0 Å². The molecular weight excluding hydrogens is 138 g/mol. The van der Waals surface area contributed by atoms with E-state index >= 15 is 0 Å². The van der Waals surface area contributed by atoms with Crippen LogP contribution in [0.1, 0.15) is 0 Å². The first-order valence-electron chi connectivity index (χ1n) is 3.42. The number of hydrogen-bond donors (Lipinski definition) is 1. The first-order chi connectivity index (χ1) is 5.24. The highest BCUT2D eigenvalue weighted by Crippen LogP contribution is 2.14. The van der Waals surface area contributed by atoms with Gasteiger partial charge in [-0.3, -0.25) is 0 Å². The van der Waals surface area contributed by atoms with E-state index < -0.39 is 0 Å². The second-order valence-electron chi connectivity index (χ2n) is 2.54. The second-order valence-corrected chi connectivity index (χ2v) is 2.54. The minimum atomic E-state index is 0.801. The zero-order chi connectivity index (χ0) is 8.27. The van der Waals surface area contributed by atoms with Crippen LogP contribution in [-0.2, 0) is 0 Å². The van der Waals surface area contributed by atoms with Crippen LogP contribution in [-0.4, -0.2) is 14.1 Å². The highest BCUT2D eigenvalue weighted by molar-refractivity contribution is 5.51. The van der Waals surface area contributed by atoms with Crippen LogP contribution < -0.4 is 16.2 Å². The lowest BCUT2D eigenvalue weighted by molar-refractivity contribution is 0.958. The van der Waals surface area contributed by atoms with Crippen molar-refractivity contribution in [1.29, 1.82) is 0 Å². The Bertz CT molecular complexity index is 215. The molecule has 0 saturated carbocycles. The third-order valence-corrected chi connectivity index (χ3v) is 1.52. The topological polar surface area (TPSA) is 43.4 Å². The van der Waals surface area contributed by atoms with Crippen LogP contribution in [0.25, 0.3) is 0 Å². The van der Waals surface area contributed by atoms with Crippen LogP contribution in [0, 0.1) is 0 Å². The first-order valence-corrected chi connectivity index (χ1v) is 3.42. The summed E-state index contributed by atoms with van der Waals surface area (Å²) in [7, 11) is 3.99. The molecular formula is C8H12N3. The molecule has 0 unspecified atom stereocenters. The van der Waals surface area contributed by atoms with Gasteiger partial charge in [-0.05, 0) is 24.3 Å². The lowest BCUT2D eigenvalue weighted by Crippen LogP contribution is -2.09. The molecule has 0 amide bonds. The number of anilines is 1. The molecule has 0 aliphatic heterocycles. The fourth-order valence-corrected chi connectivity index (χ4v) is 0.837. The molecule has 3 nitrogen and oxygen atoms in total. The minimum absolute atomic E-state index is 0.801. The number of nitrogens with two attached hydrogens (primary N) is 1. The molecule has 0 atom stereocenters. The van der Waals surface area contributed by atoms with E-state index in [1.54, 1.807) is 0 Å². The largest absolute Gasteiger partial charge is 0.378 e. The molecule has 1 aromatic carbocycles. The highest BCUT2D eigenvalue weighted by atomic mass is 15.2. The van der Waals surface area contributed by atoms with Gasteiger partial charge in [0, 0.05) is 19.8 Å². The summed E-state index contributed by atoms with van der Waals surface area (Å²) in [5, 5.41) is 0. The summed E-state index contributed by atoms with van der Waals surface area (Å²) in [4.78, 5) is 2.03. The number of nitrogens with zero attached hydrogens (tertiary/aromatic N) is 2. The van der Waals surface area contributed by atoms with Gasteiger partial charge in [-0.1, -0.05) is 0 Å². The predicted octanol–water partition coefficient (Wildman–Crippen LogP) is 0.862. The number of hydrogen-bond acceptors (Lipinski definition) is 2. The monoisotopic (exact) mass is 150 g/mol. The van der Waals surface area contributed by atoms with Crippen molar-refractivity contribution < 1.29 is 0 Å². The van der Waals surface area contributed by atoms with Gasteiger partial charge in [0.25, 0.3) is 0 Å². The van der Waals surface area contributed by atoms with Gasteiger partial charge in [0.05, 0.1) is 5.69 Å². The minimum Gasteiger partial charge on any atom is -0.378 e. The summed E-state index contributed by atoms with van der Waals surface area (Å²) in [5.41, 5.74) is 5.50. The predicted molar refractivity (Wildman–Crippen MR) is 46.8 cm³/mol. The number of benzene rings is 1. The molecule has 1 rings (SSSR count). The second kappa shape index (κ2) is 3.25. The molecule has 2 N–H and O–H groups in total. The molecule has 0 aliphatic rings. The van der Waals surface area contributed by atoms with Crippen molar-refractivity contribution in [1.82, 2.24) is 5.43 Å². The zero-order valence-electron chi connectivity index (χ0n) is 6.78. The van der Waals surface area contributed by atoms with Gasteiger partial charge in [0.15, 0.2) is 0 Å². The number of rotatable bonds is 2. The average molecular weight is 150 g/mol. The van der Waals surface area contributed by atoms with Crippen molar-refractivity contribution >= 4 is 11.4 Å². The molecule has 11 heavy (non-hydrogen) atoms. The lowest BCUT2D eigenvalue weighted by atomic mass is 10.3. The molecule has 0 saturated heterocycles. The van der Waals surface area contributed by atoms with Crippen LogP contribution >= 0.6 is 0 Å². The van der Waals surface area contributed by atoms with Crippen molar-refractivity contribution in [3.63, 3.8) is 0 Å². The van der Waals surface area contributed by atoms with Gasteiger partial charge in [-0.15, -0.1) is 0 Å². The summed E-state index contributed by atoms with van der Waals surface area (Å²) in [6.45, 7) is 0. The van der Waals surface area contributed by atoms with Gasteiger partial charge in [-0.2, -0.15) is 0 Å². The van der Waals surface area contributed by atoms with Crippen molar-refractivity contribution in [2.45, 2.75) is 0 Å². The maximum atomic E-state index is 5.09. The maximum Gasteiger partial charge on any atom is 0.0772 e. The Morgan fingerprint density at radius 1 is 1.18 bits per heavy atom. The lowest BCUT2D eigenvalue weighted by Gasteiger charge is -2.11. The maximum absolute atomic E-state index is 5.09. The van der Waals surface area contributed by atoms with Crippen LogP contribution in [0.15, 0.2) is 24.3 Å². The fraction of sp³-hybridized carbons (Fsp3) is 0.250. The zero-order valence-corrected chi connectivity index (χ0v) is 6.78. The van der Waals surface area contributed by atoms with Crippen LogP contribution in [0.5, 0.6) is 0 Å². The van der Waals surface area contributed by atoms with Crippen molar-refractivity contribution in [3.8, 4) is 0 Å². The fourth-order valence-electron chi connectivity index (χ4n) is 0.837. The molecule has 0 bridgehead atoms. The normalized spacial score (nSPS) is 9.36. The smallest absolute Gasteiger partial charge is 0.0772 e. The van der Waals surface area contributed by atoms with E-state index in [1.165, 1.54) is 0 Å². The Hall–Kier alpha value is -1.22. The van der Waals surface area contributed by atoms with Crippen LogP contribution in [0.4, 0.5) is 11.4 Å². The van der Waals surface area contributed by atoms with E-state index in [0.717, 1.165) is 11.4 Å². The van der Waals surface area contributed by atoms with Gasteiger partial charge >= 0.3 is 0 Å². The molecule has 1 aromatic rings. The van der Waals surface area contributed by atoms with Gasteiger partial charge < -0.3 is 4.90 Å². The van der Waals surface area contributed by atoms with E-state index in [2.05, 4.69) is 5.43 Å². The van der Waals surface area contributed by atoms with Gasteiger partial charge in [0.1, 0.15) is 0 Å². The van der Waals surface area contributed by atoms with E-state index in [0.29, 0.717) is 0 Å². The standard InChI is InChI=1S/C8H12N3/c1-11(2)8-5-3-7(10-9)4-6-8/h3-6H,9H2,1-2H3. The molecule has 0 aliphatic carbocycles. The van der Waals surface area contributed by atoms with Crippen LogP contribution in [0.3, 0.4) is 0 Å². The highest BCUT2D eigenvalue weighted by Gasteiger charge is 1.93. The molecule has 0 heterocycles. The molecule has 3 heteroatoms. The Morgan fingerprint density at radius 2 is 1.73 bits per heavy atom. The summed E-state index contributed by atoms with van der Waals surface area (Å²) in [5.74, 6) is 5.09. The quantitative estimate of drug-likeness (QED) is 0.502. The van der Waals surface area contributed by atoms with Crippen LogP contribution in [0.2, 0.25) is 0 Å². The van der Waals surface area contributed by atoms with Crippen molar-refractivity contribution in [3.05, 3.63) is 24.3 Å². The Kier molecular flexibility index (Phi) is 2.33. The molecule has 0 aromatic heterocycles. The van der Waals surface area contributed by atoms with E-state index in [4.69, 9.17) is 5.84 Å². The van der Waals surface area contributed by atoms with E-state index in [9.17, 15) is 0 Å². The first kappa shape index (κ1) is 7.88. The van der Waals surface area contributed by atoms with Crippen molar-refractivity contribution in [2.75, 3.05) is 19.0 Å².